The number of quaternary nitrogens is 2. The van der Waals surface area contributed by atoms with Gasteiger partial charge in [-0.2, -0.15) is 0 Å². The summed E-state index contributed by atoms with van der Waals surface area (Å²) in [4.78, 5) is 18.2. The van der Waals surface area contributed by atoms with Crippen LogP contribution in [0.5, 0.6) is 11.5 Å². The molecule has 1 aliphatic carbocycles. The summed E-state index contributed by atoms with van der Waals surface area (Å²) in [6, 6.07) is 4.20. The van der Waals surface area contributed by atoms with Crippen molar-refractivity contribution in [2.45, 2.75) is 45.6 Å². The van der Waals surface area contributed by atoms with Crippen molar-refractivity contribution in [3.8, 4) is 11.5 Å². The van der Waals surface area contributed by atoms with E-state index in [1.165, 1.54) is 48.1 Å². The van der Waals surface area contributed by atoms with Gasteiger partial charge in [-0.1, -0.05) is 19.3 Å². The van der Waals surface area contributed by atoms with Crippen molar-refractivity contribution in [2.24, 2.45) is 11.8 Å². The first kappa shape index (κ1) is 22.4. The van der Waals surface area contributed by atoms with Crippen molar-refractivity contribution in [1.29, 1.82) is 0 Å². The maximum absolute atomic E-state index is 13.0. The minimum absolute atomic E-state index is 0.387. The molecule has 4 rings (SSSR count). The number of hydrogen-bond donors (Lipinski definition) is 2. The molecule has 0 radical (unpaired) electrons. The van der Waals surface area contributed by atoms with Crippen LogP contribution in [0, 0.1) is 18.8 Å². The van der Waals surface area contributed by atoms with Crippen molar-refractivity contribution in [2.75, 3.05) is 60.0 Å². The Hall–Kier alpha value is -1.79. The normalized spacial score (nSPS) is 28.7. The average Bonchev–Trinajstić information content (AvgIpc) is 2.80. The van der Waals surface area contributed by atoms with Gasteiger partial charge in [0.15, 0.2) is 18.0 Å². The van der Waals surface area contributed by atoms with E-state index in [0.717, 1.165) is 69.1 Å². The largest absolute Gasteiger partial charge is 0.493 e. The van der Waals surface area contributed by atoms with Crippen LogP contribution in [0.4, 0.5) is 0 Å². The zero-order valence-corrected chi connectivity index (χ0v) is 19.7. The zero-order valence-electron chi connectivity index (χ0n) is 19.7. The molecular weight excluding hydrogens is 390 g/mol. The fourth-order valence-corrected chi connectivity index (χ4v) is 5.95. The highest BCUT2D eigenvalue weighted by molar-refractivity contribution is 5.77. The summed E-state index contributed by atoms with van der Waals surface area (Å²) in [5.74, 6) is 3.64. The lowest BCUT2D eigenvalue weighted by atomic mass is 9.75. The third-order valence-electron chi connectivity index (χ3n) is 7.99. The fraction of sp³-hybridized carbons (Fsp3) is 0.720. The number of amides is 1. The summed E-state index contributed by atoms with van der Waals surface area (Å²) < 4.78 is 10.9. The van der Waals surface area contributed by atoms with Gasteiger partial charge in [-0.25, -0.2) is 0 Å². The maximum atomic E-state index is 13.0. The number of nitrogens with zero attached hydrogens (tertiary/aromatic N) is 1. The van der Waals surface area contributed by atoms with Gasteiger partial charge in [0.2, 0.25) is 0 Å². The van der Waals surface area contributed by atoms with E-state index in [1.807, 2.05) is 0 Å². The quantitative estimate of drug-likeness (QED) is 0.683. The van der Waals surface area contributed by atoms with Crippen LogP contribution in [0.25, 0.3) is 0 Å². The van der Waals surface area contributed by atoms with Crippen molar-refractivity contribution in [3.63, 3.8) is 0 Å². The molecule has 3 aliphatic rings. The standard InChI is InChI=1S/C25H39N3O3/c1-19-14-23(30-2)24(31-3)15-22(19)16-26-10-12-27(13-11-26)18-25(29)28-9-8-20-6-4-5-7-21(20)17-28/h14-15,20-21H,4-13,16-18H2,1-3H3/p+2/t20-,21+/m0/s1. The Kier molecular flexibility index (Phi) is 7.39. The third-order valence-corrected chi connectivity index (χ3v) is 7.99. The summed E-state index contributed by atoms with van der Waals surface area (Å²) in [7, 11) is 3.38. The van der Waals surface area contributed by atoms with Crippen LogP contribution < -0.4 is 19.3 Å². The van der Waals surface area contributed by atoms with Gasteiger partial charge in [-0.3, -0.25) is 4.79 Å². The molecule has 1 aromatic carbocycles. The van der Waals surface area contributed by atoms with Crippen LogP contribution in [0.2, 0.25) is 0 Å². The van der Waals surface area contributed by atoms with Crippen LogP contribution in [-0.4, -0.2) is 70.8 Å². The molecule has 2 heterocycles. The lowest BCUT2D eigenvalue weighted by molar-refractivity contribution is -1.02. The van der Waals surface area contributed by atoms with E-state index >= 15 is 0 Å². The molecule has 2 saturated heterocycles. The minimum Gasteiger partial charge on any atom is -0.493 e. The number of piperidine rings is 1. The number of benzene rings is 1. The molecule has 0 unspecified atom stereocenters. The van der Waals surface area contributed by atoms with Crippen molar-refractivity contribution in [3.05, 3.63) is 23.3 Å². The van der Waals surface area contributed by atoms with E-state index in [2.05, 4.69) is 24.0 Å². The van der Waals surface area contributed by atoms with Gasteiger partial charge in [0, 0.05) is 18.7 Å². The van der Waals surface area contributed by atoms with Crippen LogP contribution >= 0.6 is 0 Å². The fourth-order valence-electron chi connectivity index (χ4n) is 5.95. The maximum Gasteiger partial charge on any atom is 0.277 e. The molecule has 3 fully saturated rings. The molecule has 2 N–H and O–H groups in total. The molecule has 6 nitrogen and oxygen atoms in total. The Morgan fingerprint density at radius 1 is 0.968 bits per heavy atom. The highest BCUT2D eigenvalue weighted by atomic mass is 16.5. The van der Waals surface area contributed by atoms with E-state index in [0.29, 0.717) is 12.5 Å². The van der Waals surface area contributed by atoms with Gasteiger partial charge in [0.25, 0.3) is 5.91 Å². The van der Waals surface area contributed by atoms with Gasteiger partial charge >= 0.3 is 0 Å². The number of nitrogens with one attached hydrogen (secondary N) is 2. The molecule has 2 atom stereocenters. The van der Waals surface area contributed by atoms with E-state index in [4.69, 9.17) is 9.47 Å². The number of methoxy groups -OCH3 is 2. The van der Waals surface area contributed by atoms with E-state index in [1.54, 1.807) is 19.1 Å². The minimum atomic E-state index is 0.387. The first-order chi connectivity index (χ1) is 15.1. The van der Waals surface area contributed by atoms with Gasteiger partial charge in [-0.05, 0) is 49.3 Å². The van der Waals surface area contributed by atoms with E-state index < -0.39 is 0 Å². The lowest BCUT2D eigenvalue weighted by Crippen LogP contribution is -3.28. The predicted octanol–water partition coefficient (Wildman–Crippen LogP) is 0.334. The molecule has 0 spiro atoms. The van der Waals surface area contributed by atoms with Crippen LogP contribution in [0.3, 0.4) is 0 Å². The first-order valence-corrected chi connectivity index (χ1v) is 12.2. The highest BCUT2D eigenvalue weighted by Gasteiger charge is 2.34. The summed E-state index contributed by atoms with van der Waals surface area (Å²) in [5.41, 5.74) is 2.57. The second kappa shape index (κ2) is 10.2. The monoisotopic (exact) mass is 431 g/mol. The second-order valence-corrected chi connectivity index (χ2v) is 9.92. The van der Waals surface area contributed by atoms with E-state index in [9.17, 15) is 4.79 Å². The Labute approximate surface area is 187 Å². The topological polar surface area (TPSA) is 47.7 Å². The number of ether oxygens (including phenoxy) is 2. The third kappa shape index (κ3) is 5.35. The summed E-state index contributed by atoms with van der Waals surface area (Å²) in [5, 5.41) is 0. The smallest absolute Gasteiger partial charge is 0.277 e. The molecule has 172 valence electrons. The predicted molar refractivity (Wildman–Crippen MR) is 121 cm³/mol. The zero-order chi connectivity index (χ0) is 21.8. The number of hydrogen-bond acceptors (Lipinski definition) is 3. The highest BCUT2D eigenvalue weighted by Crippen LogP contribution is 2.36. The Balaban J connectivity index is 1.25. The number of carbonyl (C=O) groups excluding carboxylic acids is 1. The number of piperazine rings is 1. The molecule has 0 bridgehead atoms. The number of carbonyl (C=O) groups is 1. The van der Waals surface area contributed by atoms with Gasteiger partial charge in [-0.15, -0.1) is 0 Å². The summed E-state index contributed by atoms with van der Waals surface area (Å²) in [6.07, 6.45) is 6.71. The molecule has 0 aromatic heterocycles. The molecule has 2 aliphatic heterocycles. The lowest BCUT2D eigenvalue weighted by Gasteiger charge is -2.41. The van der Waals surface area contributed by atoms with Crippen LogP contribution in [0.15, 0.2) is 12.1 Å². The molecule has 31 heavy (non-hydrogen) atoms. The van der Waals surface area contributed by atoms with E-state index in [-0.39, 0.29) is 0 Å². The summed E-state index contributed by atoms with van der Waals surface area (Å²) in [6.45, 7) is 10.2. The van der Waals surface area contributed by atoms with Crippen molar-refractivity contribution in [1.82, 2.24) is 4.90 Å². The molecule has 6 heteroatoms. The second-order valence-electron chi connectivity index (χ2n) is 9.92. The number of likely N-dealkylation sites (tertiary alicyclic amines) is 1. The molecule has 1 amide bonds. The van der Waals surface area contributed by atoms with Gasteiger partial charge in [0.1, 0.15) is 32.7 Å². The van der Waals surface area contributed by atoms with Crippen LogP contribution in [0.1, 0.15) is 43.2 Å². The van der Waals surface area contributed by atoms with Gasteiger partial charge < -0.3 is 24.2 Å². The van der Waals surface area contributed by atoms with Crippen LogP contribution in [-0.2, 0) is 11.3 Å². The SMILES string of the molecule is COc1cc(C)c(C[NH+]2CC[NH+](CC(=O)N3CC[C@@H]4CCCC[C@@H]4C3)CC2)cc1OC. The number of fused-ring (bicyclic) bond motifs is 1. The van der Waals surface area contributed by atoms with Gasteiger partial charge in [0.05, 0.1) is 14.2 Å². The average molecular weight is 432 g/mol. The number of aryl methyl sites for hydroxylation is 1. The van der Waals surface area contributed by atoms with Crippen molar-refractivity contribution >= 4 is 5.91 Å². The Bertz CT molecular complexity index is 761. The Morgan fingerprint density at radius 2 is 1.61 bits per heavy atom. The molecular formula is C25H41N3O3+2. The Morgan fingerprint density at radius 3 is 2.32 bits per heavy atom. The van der Waals surface area contributed by atoms with Crippen molar-refractivity contribution < 1.29 is 24.1 Å². The number of rotatable bonds is 6. The molecule has 1 saturated carbocycles. The molecule has 1 aromatic rings. The summed E-state index contributed by atoms with van der Waals surface area (Å²) >= 11 is 0. The first-order valence-electron chi connectivity index (χ1n) is 12.2.